The van der Waals surface area contributed by atoms with Gasteiger partial charge < -0.3 is 10.5 Å². The Balaban J connectivity index is 1.90. The van der Waals surface area contributed by atoms with Gasteiger partial charge in [-0.2, -0.15) is 0 Å². The standard InChI is InChI=1S/C16H23FN2O2/c1-2-21-16(20)8-13-7-15(18)11-19(10-13)9-12-3-5-14(17)6-4-12/h3-6,13,15H,2,7-11,18H2,1H3. The van der Waals surface area contributed by atoms with Crippen molar-refractivity contribution in [3.8, 4) is 0 Å². The van der Waals surface area contributed by atoms with E-state index < -0.39 is 0 Å². The fourth-order valence-electron chi connectivity index (χ4n) is 2.93. The van der Waals surface area contributed by atoms with E-state index in [9.17, 15) is 9.18 Å². The molecular weight excluding hydrogens is 271 g/mol. The highest BCUT2D eigenvalue weighted by molar-refractivity contribution is 5.69. The molecule has 1 aliphatic heterocycles. The van der Waals surface area contributed by atoms with Crippen LogP contribution in [0.3, 0.4) is 0 Å². The van der Waals surface area contributed by atoms with Gasteiger partial charge in [-0.1, -0.05) is 12.1 Å². The molecule has 116 valence electrons. The van der Waals surface area contributed by atoms with Gasteiger partial charge in [0.15, 0.2) is 0 Å². The van der Waals surface area contributed by atoms with Gasteiger partial charge in [0, 0.05) is 32.1 Å². The van der Waals surface area contributed by atoms with Crippen molar-refractivity contribution in [1.82, 2.24) is 4.90 Å². The lowest BCUT2D eigenvalue weighted by Crippen LogP contribution is -2.47. The van der Waals surface area contributed by atoms with E-state index in [0.717, 1.165) is 31.6 Å². The summed E-state index contributed by atoms with van der Waals surface area (Å²) in [6.07, 6.45) is 1.26. The van der Waals surface area contributed by atoms with Crippen LogP contribution in [0.25, 0.3) is 0 Å². The molecule has 0 bridgehead atoms. The van der Waals surface area contributed by atoms with Crippen molar-refractivity contribution in [1.29, 1.82) is 0 Å². The van der Waals surface area contributed by atoms with Crippen LogP contribution in [0.5, 0.6) is 0 Å². The molecule has 2 N–H and O–H groups in total. The highest BCUT2D eigenvalue weighted by Crippen LogP contribution is 2.21. The van der Waals surface area contributed by atoms with Crippen molar-refractivity contribution in [2.75, 3.05) is 19.7 Å². The molecule has 21 heavy (non-hydrogen) atoms. The summed E-state index contributed by atoms with van der Waals surface area (Å²) in [7, 11) is 0. The highest BCUT2D eigenvalue weighted by atomic mass is 19.1. The molecule has 1 saturated heterocycles. The maximum absolute atomic E-state index is 12.9. The average Bonchev–Trinajstić information content (AvgIpc) is 2.41. The third kappa shape index (κ3) is 5.10. The average molecular weight is 294 g/mol. The SMILES string of the molecule is CCOC(=O)CC1CC(N)CN(Cc2ccc(F)cc2)C1. The first-order valence-electron chi connectivity index (χ1n) is 7.44. The van der Waals surface area contributed by atoms with Gasteiger partial charge in [0.1, 0.15) is 5.82 Å². The van der Waals surface area contributed by atoms with Crippen LogP contribution < -0.4 is 5.73 Å². The maximum Gasteiger partial charge on any atom is 0.306 e. The number of carbonyl (C=O) groups is 1. The molecule has 0 radical (unpaired) electrons. The van der Waals surface area contributed by atoms with Gasteiger partial charge in [0.05, 0.1) is 6.61 Å². The Morgan fingerprint density at radius 2 is 2.10 bits per heavy atom. The number of carbonyl (C=O) groups excluding carboxylic acids is 1. The van der Waals surface area contributed by atoms with E-state index in [1.165, 1.54) is 12.1 Å². The van der Waals surface area contributed by atoms with Crippen molar-refractivity contribution in [3.05, 3.63) is 35.6 Å². The minimum atomic E-state index is -0.228. The number of benzene rings is 1. The van der Waals surface area contributed by atoms with Crippen LogP contribution >= 0.6 is 0 Å². The van der Waals surface area contributed by atoms with Gasteiger partial charge in [-0.05, 0) is 37.0 Å². The molecule has 1 aromatic carbocycles. The lowest BCUT2D eigenvalue weighted by Gasteiger charge is -2.36. The Kier molecular flexibility index (Phi) is 5.70. The molecule has 0 aromatic heterocycles. The number of nitrogens with zero attached hydrogens (tertiary/aromatic N) is 1. The zero-order valence-corrected chi connectivity index (χ0v) is 12.4. The van der Waals surface area contributed by atoms with Crippen LogP contribution in [0.4, 0.5) is 4.39 Å². The Morgan fingerprint density at radius 3 is 2.76 bits per heavy atom. The van der Waals surface area contributed by atoms with Crippen molar-refractivity contribution in [2.45, 2.75) is 32.4 Å². The summed E-state index contributed by atoms with van der Waals surface area (Å²) in [6.45, 7) is 4.58. The third-order valence-electron chi connectivity index (χ3n) is 3.73. The smallest absolute Gasteiger partial charge is 0.306 e. The summed E-state index contributed by atoms with van der Waals surface area (Å²) in [4.78, 5) is 13.8. The van der Waals surface area contributed by atoms with Crippen LogP contribution in [-0.2, 0) is 16.1 Å². The minimum absolute atomic E-state index is 0.0682. The van der Waals surface area contributed by atoms with Gasteiger partial charge in [-0.3, -0.25) is 9.69 Å². The summed E-state index contributed by atoms with van der Waals surface area (Å²) in [5, 5.41) is 0. The van der Waals surface area contributed by atoms with Gasteiger partial charge in [0.25, 0.3) is 0 Å². The second-order valence-corrected chi connectivity index (χ2v) is 5.69. The number of rotatable bonds is 5. The number of hydrogen-bond donors (Lipinski definition) is 1. The van der Waals surface area contributed by atoms with E-state index in [4.69, 9.17) is 10.5 Å². The van der Waals surface area contributed by atoms with Crippen molar-refractivity contribution < 1.29 is 13.9 Å². The summed E-state index contributed by atoms with van der Waals surface area (Å²) < 4.78 is 17.9. The maximum atomic E-state index is 12.9. The normalized spacial score (nSPS) is 23.0. The molecule has 1 fully saturated rings. The quantitative estimate of drug-likeness (QED) is 0.843. The van der Waals surface area contributed by atoms with Crippen molar-refractivity contribution in [3.63, 3.8) is 0 Å². The molecule has 0 aliphatic carbocycles. The minimum Gasteiger partial charge on any atom is -0.466 e. The fraction of sp³-hybridized carbons (Fsp3) is 0.562. The second-order valence-electron chi connectivity index (χ2n) is 5.69. The van der Waals surface area contributed by atoms with Gasteiger partial charge in [-0.15, -0.1) is 0 Å². The molecule has 0 spiro atoms. The third-order valence-corrected chi connectivity index (χ3v) is 3.73. The van der Waals surface area contributed by atoms with Gasteiger partial charge in [-0.25, -0.2) is 4.39 Å². The molecule has 2 rings (SSSR count). The predicted octanol–water partition coefficient (Wildman–Crippen LogP) is 1.93. The van der Waals surface area contributed by atoms with Crippen LogP contribution in [0, 0.1) is 11.7 Å². The Bertz CT molecular complexity index is 464. The lowest BCUT2D eigenvalue weighted by atomic mass is 9.91. The molecule has 1 heterocycles. The zero-order valence-electron chi connectivity index (χ0n) is 12.4. The Morgan fingerprint density at radius 1 is 1.38 bits per heavy atom. The van der Waals surface area contributed by atoms with E-state index in [1.807, 2.05) is 6.92 Å². The lowest BCUT2D eigenvalue weighted by molar-refractivity contribution is -0.144. The molecule has 1 aromatic rings. The number of ether oxygens (including phenoxy) is 1. The fourth-order valence-corrected chi connectivity index (χ4v) is 2.93. The molecule has 5 heteroatoms. The summed E-state index contributed by atoms with van der Waals surface area (Å²) in [5.74, 6) is -0.152. The number of likely N-dealkylation sites (tertiary alicyclic amines) is 1. The number of hydrogen-bond acceptors (Lipinski definition) is 4. The van der Waals surface area contributed by atoms with E-state index in [0.29, 0.717) is 13.0 Å². The molecule has 2 unspecified atom stereocenters. The summed E-state index contributed by atoms with van der Waals surface area (Å²) >= 11 is 0. The van der Waals surface area contributed by atoms with Gasteiger partial charge >= 0.3 is 5.97 Å². The molecule has 0 amide bonds. The first-order chi connectivity index (χ1) is 10.1. The van der Waals surface area contributed by atoms with E-state index in [2.05, 4.69) is 4.90 Å². The number of halogens is 1. The summed E-state index contributed by atoms with van der Waals surface area (Å²) in [5.41, 5.74) is 7.15. The number of piperidine rings is 1. The molecular formula is C16H23FN2O2. The first kappa shape index (κ1) is 15.9. The highest BCUT2D eigenvalue weighted by Gasteiger charge is 2.27. The molecule has 1 aliphatic rings. The monoisotopic (exact) mass is 294 g/mol. The summed E-state index contributed by atoms with van der Waals surface area (Å²) in [6, 6.07) is 6.58. The number of esters is 1. The molecule has 4 nitrogen and oxygen atoms in total. The largest absolute Gasteiger partial charge is 0.466 e. The molecule has 0 saturated carbocycles. The zero-order chi connectivity index (χ0) is 15.2. The first-order valence-corrected chi connectivity index (χ1v) is 7.44. The Hall–Kier alpha value is -1.46. The van der Waals surface area contributed by atoms with E-state index in [-0.39, 0.29) is 23.7 Å². The van der Waals surface area contributed by atoms with Crippen LogP contribution in [-0.4, -0.2) is 36.6 Å². The van der Waals surface area contributed by atoms with Crippen LogP contribution in [0.1, 0.15) is 25.3 Å². The topological polar surface area (TPSA) is 55.6 Å². The van der Waals surface area contributed by atoms with Gasteiger partial charge in [0.2, 0.25) is 0 Å². The van der Waals surface area contributed by atoms with E-state index >= 15 is 0 Å². The number of nitrogens with two attached hydrogens (primary N) is 1. The van der Waals surface area contributed by atoms with Crippen molar-refractivity contribution >= 4 is 5.97 Å². The van der Waals surface area contributed by atoms with Crippen LogP contribution in [0.15, 0.2) is 24.3 Å². The molecule has 2 atom stereocenters. The van der Waals surface area contributed by atoms with Crippen molar-refractivity contribution in [2.24, 2.45) is 11.7 Å². The Labute approximate surface area is 125 Å². The predicted molar refractivity (Wildman–Crippen MR) is 79.0 cm³/mol. The second kappa shape index (κ2) is 7.52. The van der Waals surface area contributed by atoms with Crippen LogP contribution in [0.2, 0.25) is 0 Å². The van der Waals surface area contributed by atoms with E-state index in [1.54, 1.807) is 12.1 Å².